The second-order valence-corrected chi connectivity index (χ2v) is 5.31. The van der Waals surface area contributed by atoms with E-state index in [1.165, 1.54) is 6.07 Å². The molecule has 0 bridgehead atoms. The van der Waals surface area contributed by atoms with Gasteiger partial charge in [0.1, 0.15) is 5.82 Å². The second-order valence-electron chi connectivity index (χ2n) is 4.90. The number of aryl methyl sites for hydroxylation is 1. The Labute approximate surface area is 117 Å². The van der Waals surface area contributed by atoms with E-state index >= 15 is 0 Å². The third-order valence-electron chi connectivity index (χ3n) is 3.13. The number of halogens is 2. The Bertz CT molecular complexity index is 592. The summed E-state index contributed by atoms with van der Waals surface area (Å²) in [5, 5.41) is 4.71. The molecule has 0 amide bonds. The maximum atomic E-state index is 13.6. The van der Waals surface area contributed by atoms with Gasteiger partial charge in [-0.25, -0.2) is 4.39 Å². The highest BCUT2D eigenvalue weighted by Gasteiger charge is 2.20. The summed E-state index contributed by atoms with van der Waals surface area (Å²) in [6.07, 6.45) is 1.57. The Morgan fingerprint density at radius 3 is 2.63 bits per heavy atom. The van der Waals surface area contributed by atoms with Gasteiger partial charge in [-0.1, -0.05) is 23.7 Å². The quantitative estimate of drug-likeness (QED) is 0.934. The smallest absolute Gasteiger partial charge is 0.126 e. The number of hydrogen-bond acceptors (Lipinski definition) is 2. The number of aromatic nitrogens is 2. The Morgan fingerprint density at radius 1 is 1.37 bits per heavy atom. The van der Waals surface area contributed by atoms with Gasteiger partial charge in [-0.3, -0.25) is 4.68 Å². The fraction of sp³-hybridized carbons (Fsp3) is 0.357. The first-order chi connectivity index (χ1) is 8.91. The minimum atomic E-state index is -0.493. The van der Waals surface area contributed by atoms with Crippen molar-refractivity contribution >= 4 is 11.6 Å². The molecule has 0 aliphatic heterocycles. The molecule has 0 saturated carbocycles. The molecule has 0 aliphatic rings. The van der Waals surface area contributed by atoms with Crippen molar-refractivity contribution in [1.29, 1.82) is 0 Å². The van der Waals surface area contributed by atoms with E-state index in [-0.39, 0.29) is 11.9 Å². The van der Waals surface area contributed by atoms with Gasteiger partial charge in [-0.05, 0) is 38.0 Å². The molecule has 2 N–H and O–H groups in total. The molecule has 1 unspecified atom stereocenters. The fourth-order valence-corrected chi connectivity index (χ4v) is 2.26. The average Bonchev–Trinajstić information content (AvgIpc) is 2.74. The van der Waals surface area contributed by atoms with Gasteiger partial charge in [-0.2, -0.15) is 5.10 Å². The summed E-state index contributed by atoms with van der Waals surface area (Å²) in [5.74, 6) is -0.264. The number of nitrogens with zero attached hydrogens (tertiary/aromatic N) is 2. The van der Waals surface area contributed by atoms with E-state index < -0.39 is 6.04 Å². The molecule has 19 heavy (non-hydrogen) atoms. The van der Waals surface area contributed by atoms with Crippen molar-refractivity contribution in [3.05, 3.63) is 52.1 Å². The van der Waals surface area contributed by atoms with Crippen molar-refractivity contribution in [2.75, 3.05) is 0 Å². The highest BCUT2D eigenvalue weighted by Crippen LogP contribution is 2.29. The van der Waals surface area contributed by atoms with E-state index in [2.05, 4.69) is 5.10 Å². The van der Waals surface area contributed by atoms with Gasteiger partial charge in [0.15, 0.2) is 0 Å². The Hall–Kier alpha value is -1.39. The standard InChI is InChI=1S/C14H17ClFN3/c1-8(2)19-14(11(15)7-18-19)13(17)10-5-4-9(3)12(16)6-10/h4-8,13H,17H2,1-3H3. The SMILES string of the molecule is Cc1ccc(C(N)c2c(Cl)cnn2C(C)C)cc1F. The lowest BCUT2D eigenvalue weighted by Gasteiger charge is -2.18. The van der Waals surface area contributed by atoms with Crippen LogP contribution in [0.25, 0.3) is 0 Å². The van der Waals surface area contributed by atoms with E-state index in [4.69, 9.17) is 17.3 Å². The molecule has 5 heteroatoms. The average molecular weight is 282 g/mol. The summed E-state index contributed by atoms with van der Waals surface area (Å²) in [7, 11) is 0. The van der Waals surface area contributed by atoms with E-state index in [9.17, 15) is 4.39 Å². The molecule has 1 aromatic heterocycles. The number of rotatable bonds is 3. The monoisotopic (exact) mass is 281 g/mol. The second kappa shape index (κ2) is 5.31. The Kier molecular flexibility index (Phi) is 3.92. The van der Waals surface area contributed by atoms with Crippen LogP contribution < -0.4 is 5.73 Å². The summed E-state index contributed by atoms with van der Waals surface area (Å²) in [5.41, 5.74) is 8.20. The zero-order chi connectivity index (χ0) is 14.2. The van der Waals surface area contributed by atoms with Gasteiger partial charge >= 0.3 is 0 Å². The summed E-state index contributed by atoms with van der Waals surface area (Å²) in [6.45, 7) is 5.71. The molecule has 2 aromatic rings. The van der Waals surface area contributed by atoms with Gasteiger partial charge in [-0.15, -0.1) is 0 Å². The molecule has 0 radical (unpaired) electrons. The van der Waals surface area contributed by atoms with Gasteiger partial charge in [0, 0.05) is 6.04 Å². The van der Waals surface area contributed by atoms with E-state index in [1.54, 1.807) is 23.9 Å². The van der Waals surface area contributed by atoms with Crippen molar-refractivity contribution in [2.24, 2.45) is 5.73 Å². The lowest BCUT2D eigenvalue weighted by molar-refractivity contribution is 0.498. The molecule has 0 fully saturated rings. The van der Waals surface area contributed by atoms with Gasteiger partial charge in [0.2, 0.25) is 0 Å². The molecule has 0 spiro atoms. The zero-order valence-corrected chi connectivity index (χ0v) is 11.9. The Balaban J connectivity index is 2.46. The maximum Gasteiger partial charge on any atom is 0.126 e. The first kappa shape index (κ1) is 14.0. The van der Waals surface area contributed by atoms with Gasteiger partial charge < -0.3 is 5.73 Å². The van der Waals surface area contributed by atoms with Crippen LogP contribution in [0.3, 0.4) is 0 Å². The molecule has 102 valence electrons. The first-order valence-corrected chi connectivity index (χ1v) is 6.54. The fourth-order valence-electron chi connectivity index (χ4n) is 2.01. The van der Waals surface area contributed by atoms with Crippen LogP contribution in [-0.2, 0) is 0 Å². The highest BCUT2D eigenvalue weighted by atomic mass is 35.5. The summed E-state index contributed by atoms with van der Waals surface area (Å²) in [6, 6.07) is 4.64. The third-order valence-corrected chi connectivity index (χ3v) is 3.42. The predicted molar refractivity (Wildman–Crippen MR) is 74.8 cm³/mol. The van der Waals surface area contributed by atoms with Crippen molar-refractivity contribution in [3.63, 3.8) is 0 Å². The van der Waals surface area contributed by atoms with E-state index in [0.717, 1.165) is 0 Å². The van der Waals surface area contributed by atoms with Crippen LogP contribution in [0, 0.1) is 12.7 Å². The highest BCUT2D eigenvalue weighted by molar-refractivity contribution is 6.31. The van der Waals surface area contributed by atoms with Crippen molar-refractivity contribution < 1.29 is 4.39 Å². The lowest BCUT2D eigenvalue weighted by atomic mass is 10.0. The molecule has 0 aliphatic carbocycles. The van der Waals surface area contributed by atoms with Crippen LogP contribution in [0.4, 0.5) is 4.39 Å². The van der Waals surface area contributed by atoms with Crippen molar-refractivity contribution in [3.8, 4) is 0 Å². The van der Waals surface area contributed by atoms with Gasteiger partial charge in [0.25, 0.3) is 0 Å². The molecule has 0 saturated heterocycles. The minimum Gasteiger partial charge on any atom is -0.319 e. The largest absolute Gasteiger partial charge is 0.319 e. The summed E-state index contributed by atoms with van der Waals surface area (Å²) < 4.78 is 15.4. The minimum absolute atomic E-state index is 0.142. The third kappa shape index (κ3) is 2.65. The topological polar surface area (TPSA) is 43.8 Å². The van der Waals surface area contributed by atoms with E-state index in [1.807, 2.05) is 19.9 Å². The van der Waals surface area contributed by atoms with E-state index in [0.29, 0.717) is 21.8 Å². The molecule has 1 aromatic carbocycles. The van der Waals surface area contributed by atoms with Crippen molar-refractivity contribution in [1.82, 2.24) is 9.78 Å². The molecule has 3 nitrogen and oxygen atoms in total. The van der Waals surface area contributed by atoms with Crippen molar-refractivity contribution in [2.45, 2.75) is 32.9 Å². The molecule has 2 rings (SSSR count). The first-order valence-electron chi connectivity index (χ1n) is 6.16. The van der Waals surface area contributed by atoms with Gasteiger partial charge in [0.05, 0.1) is 23.0 Å². The normalized spacial score (nSPS) is 13.0. The number of nitrogens with two attached hydrogens (primary N) is 1. The van der Waals surface area contributed by atoms with Crippen LogP contribution in [0.15, 0.2) is 24.4 Å². The van der Waals surface area contributed by atoms with Crippen LogP contribution in [0.2, 0.25) is 5.02 Å². The summed E-state index contributed by atoms with van der Waals surface area (Å²) in [4.78, 5) is 0. The molecular weight excluding hydrogens is 265 g/mol. The molecular formula is C14H17ClFN3. The number of benzene rings is 1. The lowest BCUT2D eigenvalue weighted by Crippen LogP contribution is -2.19. The maximum absolute atomic E-state index is 13.6. The number of hydrogen-bond donors (Lipinski definition) is 1. The van der Waals surface area contributed by atoms with Crippen LogP contribution in [-0.4, -0.2) is 9.78 Å². The summed E-state index contributed by atoms with van der Waals surface area (Å²) >= 11 is 6.15. The van der Waals surface area contributed by atoms with Crippen LogP contribution in [0.1, 0.15) is 42.8 Å². The van der Waals surface area contributed by atoms with Crippen LogP contribution in [0.5, 0.6) is 0 Å². The zero-order valence-electron chi connectivity index (χ0n) is 11.2. The molecule has 1 atom stereocenters. The Morgan fingerprint density at radius 2 is 2.05 bits per heavy atom. The molecule has 1 heterocycles. The predicted octanol–water partition coefficient (Wildman–Crippen LogP) is 3.61. The van der Waals surface area contributed by atoms with Crippen LogP contribution >= 0.6 is 11.6 Å².